The molecule has 1 N–H and O–H groups in total. The number of ether oxygens (including phenoxy) is 1. The molecule has 0 aliphatic carbocycles. The van der Waals surface area contributed by atoms with E-state index < -0.39 is 0 Å². The molecule has 0 aromatic heterocycles. The number of carbonyl (C=O) groups is 2. The number of likely N-dealkylation sites (tertiary alicyclic amines) is 1. The third-order valence-corrected chi connectivity index (χ3v) is 7.98. The highest BCUT2D eigenvalue weighted by Gasteiger charge is 2.44. The summed E-state index contributed by atoms with van der Waals surface area (Å²) >= 11 is 6.46. The Hall–Kier alpha value is -2.92. The second kappa shape index (κ2) is 10.6. The van der Waals surface area contributed by atoms with Gasteiger partial charge in [-0.05, 0) is 74.1 Å². The quantitative estimate of drug-likeness (QED) is 0.650. The highest BCUT2D eigenvalue weighted by Crippen LogP contribution is 2.35. The maximum absolute atomic E-state index is 13.3. The van der Waals surface area contributed by atoms with Crippen LogP contribution in [0.2, 0.25) is 5.02 Å². The van der Waals surface area contributed by atoms with Crippen LogP contribution >= 0.6 is 11.6 Å². The molecule has 5 rings (SSSR count). The third kappa shape index (κ3) is 5.12. The molecule has 3 fully saturated rings. The summed E-state index contributed by atoms with van der Waals surface area (Å²) in [5, 5.41) is 12.7. The van der Waals surface area contributed by atoms with Crippen LogP contribution in [0.4, 0.5) is 5.69 Å². The molecular weight excluding hydrogens is 476 g/mol. The Morgan fingerprint density at radius 1 is 1.11 bits per heavy atom. The van der Waals surface area contributed by atoms with E-state index >= 15 is 0 Å². The average Bonchev–Trinajstić information content (AvgIpc) is 3.16. The van der Waals surface area contributed by atoms with Gasteiger partial charge in [0.25, 0.3) is 5.91 Å². The molecule has 2 bridgehead atoms. The zero-order valence-corrected chi connectivity index (χ0v) is 21.3. The van der Waals surface area contributed by atoms with Gasteiger partial charge in [-0.3, -0.25) is 14.5 Å². The van der Waals surface area contributed by atoms with Gasteiger partial charge in [0.05, 0.1) is 11.6 Å². The molecule has 3 aliphatic rings. The molecule has 2 amide bonds. The van der Waals surface area contributed by atoms with E-state index in [2.05, 4.69) is 21.2 Å². The number of nitriles is 1. The predicted octanol–water partition coefficient (Wildman–Crippen LogP) is 4.37. The van der Waals surface area contributed by atoms with Crippen LogP contribution in [0.25, 0.3) is 0 Å². The first-order valence-electron chi connectivity index (χ1n) is 12.7. The van der Waals surface area contributed by atoms with Gasteiger partial charge >= 0.3 is 0 Å². The molecule has 2 aromatic carbocycles. The van der Waals surface area contributed by atoms with Crippen molar-refractivity contribution in [3.05, 3.63) is 63.7 Å². The van der Waals surface area contributed by atoms with Gasteiger partial charge in [0.2, 0.25) is 5.91 Å². The van der Waals surface area contributed by atoms with Crippen molar-refractivity contribution < 1.29 is 14.3 Å². The smallest absolute Gasteiger partial charge is 0.255 e. The minimum Gasteiger partial charge on any atom is -0.381 e. The topological polar surface area (TPSA) is 85.7 Å². The number of hydrogen-bond acceptors (Lipinski definition) is 5. The Kier molecular flexibility index (Phi) is 7.29. The number of anilines is 1. The Balaban J connectivity index is 1.28. The van der Waals surface area contributed by atoms with Crippen LogP contribution in [0.15, 0.2) is 36.4 Å². The Morgan fingerprint density at radius 2 is 1.83 bits per heavy atom. The van der Waals surface area contributed by atoms with E-state index in [1.54, 1.807) is 30.3 Å². The summed E-state index contributed by atoms with van der Waals surface area (Å²) in [5.74, 6) is 0.139. The first-order chi connectivity index (χ1) is 17.4. The third-order valence-electron chi connectivity index (χ3n) is 7.76. The van der Waals surface area contributed by atoms with Gasteiger partial charge in [0.15, 0.2) is 0 Å². The van der Waals surface area contributed by atoms with Crippen molar-refractivity contribution in [3.8, 4) is 6.07 Å². The zero-order chi connectivity index (χ0) is 25.2. The molecule has 3 heterocycles. The summed E-state index contributed by atoms with van der Waals surface area (Å²) < 4.78 is 5.45. The predicted molar refractivity (Wildman–Crippen MR) is 138 cm³/mol. The number of nitrogens with zero attached hydrogens (tertiary/aromatic N) is 3. The molecule has 2 aromatic rings. The van der Waals surface area contributed by atoms with Crippen LogP contribution in [0.1, 0.15) is 52.7 Å². The lowest BCUT2D eigenvalue weighted by molar-refractivity contribution is -0.144. The highest BCUT2D eigenvalue weighted by atomic mass is 35.5. The number of fused-ring (bicyclic) bond motifs is 2. The monoisotopic (exact) mass is 506 g/mol. The van der Waals surface area contributed by atoms with Gasteiger partial charge in [-0.1, -0.05) is 17.7 Å². The molecule has 36 heavy (non-hydrogen) atoms. The number of rotatable bonds is 5. The molecule has 0 saturated carbocycles. The van der Waals surface area contributed by atoms with Crippen LogP contribution < -0.4 is 5.32 Å². The zero-order valence-electron chi connectivity index (χ0n) is 20.5. The summed E-state index contributed by atoms with van der Waals surface area (Å²) in [5.41, 5.74) is 3.57. The largest absolute Gasteiger partial charge is 0.381 e. The van der Waals surface area contributed by atoms with Crippen molar-refractivity contribution in [2.45, 2.75) is 51.2 Å². The van der Waals surface area contributed by atoms with Crippen molar-refractivity contribution in [3.63, 3.8) is 0 Å². The van der Waals surface area contributed by atoms with Crippen LogP contribution in [0.3, 0.4) is 0 Å². The molecule has 3 saturated heterocycles. The number of piperazine rings is 1. The van der Waals surface area contributed by atoms with E-state index in [0.29, 0.717) is 47.5 Å². The van der Waals surface area contributed by atoms with Crippen molar-refractivity contribution in [1.29, 1.82) is 5.26 Å². The molecule has 7 nitrogen and oxygen atoms in total. The Labute approximate surface area is 217 Å². The fourth-order valence-electron chi connectivity index (χ4n) is 5.83. The number of halogens is 1. The van der Waals surface area contributed by atoms with Crippen LogP contribution in [0.5, 0.6) is 0 Å². The number of nitrogens with one attached hydrogen (secondary N) is 1. The lowest BCUT2D eigenvalue weighted by Crippen LogP contribution is -2.57. The first-order valence-corrected chi connectivity index (χ1v) is 13.0. The normalized spacial score (nSPS) is 22.3. The maximum atomic E-state index is 13.3. The Bertz CT molecular complexity index is 1190. The highest BCUT2D eigenvalue weighted by molar-refractivity contribution is 6.31. The summed E-state index contributed by atoms with van der Waals surface area (Å²) in [6.07, 6.45) is 3.76. The van der Waals surface area contributed by atoms with E-state index in [1.165, 1.54) is 0 Å². The van der Waals surface area contributed by atoms with Crippen molar-refractivity contribution in [2.75, 3.05) is 31.6 Å². The maximum Gasteiger partial charge on any atom is 0.255 e. The van der Waals surface area contributed by atoms with Gasteiger partial charge < -0.3 is 15.0 Å². The number of amides is 2. The van der Waals surface area contributed by atoms with Gasteiger partial charge in [-0.25, -0.2) is 0 Å². The molecular formula is C28H31ClN4O3. The summed E-state index contributed by atoms with van der Waals surface area (Å²) in [7, 11) is 0. The fourth-order valence-corrected chi connectivity index (χ4v) is 6.07. The summed E-state index contributed by atoms with van der Waals surface area (Å²) in [6, 6.07) is 12.9. The van der Waals surface area contributed by atoms with Crippen LogP contribution in [-0.4, -0.2) is 60.0 Å². The second-order valence-corrected chi connectivity index (χ2v) is 10.5. The van der Waals surface area contributed by atoms with Crippen molar-refractivity contribution >= 4 is 29.1 Å². The molecule has 188 valence electrons. The van der Waals surface area contributed by atoms with Crippen LogP contribution in [0, 0.1) is 24.2 Å². The van der Waals surface area contributed by atoms with Crippen molar-refractivity contribution in [2.24, 2.45) is 5.92 Å². The number of carbonyl (C=O) groups excluding carboxylic acids is 2. The standard InChI is InChI=1S/C28H31ClN4O3/c1-18-22(12-23(29)13-26(18)31-27(34)21-4-2-3-19(11-21)14-30)15-32-16-24-5-6-25(17-32)33(24)28(35)20-7-9-36-10-8-20/h2-4,11-13,20,24-25H,5-10,15-17H2,1H3,(H,31,34). The number of hydrogen-bond donors (Lipinski definition) is 1. The summed E-state index contributed by atoms with van der Waals surface area (Å²) in [4.78, 5) is 30.7. The average molecular weight is 507 g/mol. The minimum absolute atomic E-state index is 0.101. The summed E-state index contributed by atoms with van der Waals surface area (Å²) in [6.45, 7) is 5.77. The lowest BCUT2D eigenvalue weighted by Gasteiger charge is -2.43. The molecule has 2 unspecified atom stereocenters. The van der Waals surface area contributed by atoms with Crippen molar-refractivity contribution in [1.82, 2.24) is 9.80 Å². The SMILES string of the molecule is Cc1c(CN2CC3CCC(C2)N3C(=O)C2CCOCC2)cc(Cl)cc1NC(=O)c1cccc(C#N)c1. The second-order valence-electron chi connectivity index (χ2n) is 10.1. The molecule has 2 atom stereocenters. The molecule has 8 heteroatoms. The molecule has 0 radical (unpaired) electrons. The molecule has 3 aliphatic heterocycles. The van der Waals surface area contributed by atoms with Gasteiger partial charge in [0.1, 0.15) is 0 Å². The van der Waals surface area contributed by atoms with E-state index in [0.717, 1.165) is 49.9 Å². The van der Waals surface area contributed by atoms with E-state index in [1.807, 2.05) is 13.0 Å². The van der Waals surface area contributed by atoms with E-state index in [4.69, 9.17) is 21.6 Å². The number of benzene rings is 2. The van der Waals surface area contributed by atoms with Gasteiger partial charge in [-0.15, -0.1) is 0 Å². The molecule has 0 spiro atoms. The minimum atomic E-state index is -0.276. The Morgan fingerprint density at radius 3 is 2.53 bits per heavy atom. The fraction of sp³-hybridized carbons (Fsp3) is 0.464. The lowest BCUT2D eigenvalue weighted by atomic mass is 9.97. The van der Waals surface area contributed by atoms with E-state index in [9.17, 15) is 9.59 Å². The van der Waals surface area contributed by atoms with E-state index in [-0.39, 0.29) is 23.9 Å². The van der Waals surface area contributed by atoms with Gasteiger partial charge in [-0.2, -0.15) is 5.26 Å². The van der Waals surface area contributed by atoms with Gasteiger partial charge in [0, 0.05) is 67.1 Å². The van der Waals surface area contributed by atoms with Crippen LogP contribution in [-0.2, 0) is 16.1 Å². The first kappa shape index (κ1) is 24.8.